The molecule has 0 fully saturated rings. The summed E-state index contributed by atoms with van der Waals surface area (Å²) < 4.78 is 61.3. The third-order valence-electron chi connectivity index (χ3n) is 14.0. The van der Waals surface area contributed by atoms with Gasteiger partial charge < -0.3 is 45.4 Å². The zero-order valence-corrected chi connectivity index (χ0v) is 51.3. The second-order valence-corrected chi connectivity index (χ2v) is 22.5. The Hall–Kier alpha value is -9.56. The number of halogens is 2. The molecule has 27 nitrogen and oxygen atoms in total. The van der Waals surface area contributed by atoms with E-state index in [2.05, 4.69) is 20.4 Å². The molecule has 472 valence electrons. The van der Waals surface area contributed by atoms with Crippen LogP contribution in [-0.2, 0) is 64.2 Å². The van der Waals surface area contributed by atoms with E-state index < -0.39 is 81.2 Å². The number of hydrogen-bond acceptors (Lipinski definition) is 20. The Bertz CT molecular complexity index is 4290. The number of aliphatic carboxylic acids is 1. The minimum absolute atomic E-state index is 0.0734. The molecule has 0 bridgehead atoms. The number of ether oxygens (including phenoxy) is 5. The van der Waals surface area contributed by atoms with E-state index in [4.69, 9.17) is 40.3 Å². The highest BCUT2D eigenvalue weighted by Crippen LogP contribution is 2.37. The number of aromatic nitrogens is 10. The normalized spacial score (nSPS) is 12.2. The van der Waals surface area contributed by atoms with Crippen LogP contribution in [0, 0.1) is 25.5 Å². The molecule has 0 spiro atoms. The molecule has 89 heavy (non-hydrogen) atoms. The lowest BCUT2D eigenvalue weighted by Gasteiger charge is -2.27. The van der Waals surface area contributed by atoms with Crippen molar-refractivity contribution in [1.82, 2.24) is 48.3 Å². The van der Waals surface area contributed by atoms with Crippen molar-refractivity contribution in [1.29, 1.82) is 0 Å². The molecule has 0 unspecified atom stereocenters. The standard InChI is InChI=1S/C32H33FN6O7S.C25H27FN6O7S.CH4O/c1-19-26-27(41)38(32(2,3)30(42)46-18-20-8-6-5-7-9-20)31(43)37(29(26)47-28(19)39-35-13-14-36-39)17-24(45-15-12-25(34)40)22-16-21(33)10-11-23(22)44-4;1-13-19-20(34)31(25(2,3)23(35)36)24(37)30(22(19)40-21(13)32-28-8-9-29-32)12-17(39-10-7-18(27)33)15-11-14(26)5-6-16(15)38-4;1-2/h5-11,13-14,16,24H,12,15,17-18H2,1-4H3,(H2,34,40);5-6,8-9,11,17H,7,10,12H2,1-4H3,(H2,27,33)(H,35,36);2H,1H3/t24-;17-;/m00./s1. The van der Waals surface area contributed by atoms with Gasteiger partial charge in [-0.05, 0) is 83.5 Å². The monoisotopic (exact) mass is 1270 g/mol. The molecular formula is C58H64F2N12O15S2. The third-order valence-corrected chi connectivity index (χ3v) is 16.6. The maximum Gasteiger partial charge on any atom is 0.333 e. The fourth-order valence-electron chi connectivity index (χ4n) is 9.42. The number of thiophene rings is 2. The van der Waals surface area contributed by atoms with Crippen LogP contribution < -0.4 is 43.4 Å². The van der Waals surface area contributed by atoms with E-state index in [0.717, 1.165) is 39.9 Å². The molecule has 0 aliphatic carbocycles. The summed E-state index contributed by atoms with van der Waals surface area (Å²) in [6.07, 6.45) is 3.40. The van der Waals surface area contributed by atoms with Gasteiger partial charge in [0, 0.05) is 42.2 Å². The fourth-order valence-corrected chi connectivity index (χ4v) is 11.9. The van der Waals surface area contributed by atoms with Crippen LogP contribution >= 0.6 is 22.7 Å². The number of primary amides is 2. The number of carboxylic acids is 1. The van der Waals surface area contributed by atoms with Crippen molar-refractivity contribution < 1.29 is 61.9 Å². The number of esters is 1. The van der Waals surface area contributed by atoms with E-state index in [1.54, 1.807) is 38.1 Å². The Kier molecular flexibility index (Phi) is 21.5. The maximum atomic E-state index is 14.6. The SMILES string of the molecule is CO.COc1ccc(F)cc1[C@H](Cn1c(=O)n(C(C)(C)C(=O)O)c(=O)c2c(C)c(-n3nccn3)sc21)OCCC(N)=O.COc1ccc(F)cc1[C@H](Cn1c(=O)n(C(C)(C)C(=O)OCc2ccccc2)c(=O)c2c(C)c(-n3nccn3)sc21)OCCC(N)=O. The molecule has 0 saturated carbocycles. The molecule has 0 aliphatic heterocycles. The first-order valence-electron chi connectivity index (χ1n) is 27.0. The summed E-state index contributed by atoms with van der Waals surface area (Å²) >= 11 is 2.14. The number of aryl methyl sites for hydroxylation is 2. The molecule has 31 heteroatoms. The van der Waals surface area contributed by atoms with Crippen LogP contribution in [0.1, 0.15) is 80.6 Å². The number of carbonyl (C=O) groups is 4. The van der Waals surface area contributed by atoms with E-state index in [1.165, 1.54) is 122 Å². The van der Waals surface area contributed by atoms with E-state index in [1.807, 2.05) is 6.07 Å². The highest BCUT2D eigenvalue weighted by molar-refractivity contribution is 7.21. The second kappa shape index (κ2) is 28.5. The molecule has 0 radical (unpaired) electrons. The molecule has 2 atom stereocenters. The van der Waals surface area contributed by atoms with Gasteiger partial charge in [0.25, 0.3) is 11.1 Å². The smallest absolute Gasteiger partial charge is 0.333 e. The average molecular weight is 1270 g/mol. The lowest BCUT2D eigenvalue weighted by molar-refractivity contribution is -0.154. The predicted molar refractivity (Wildman–Crippen MR) is 322 cm³/mol. The van der Waals surface area contributed by atoms with Gasteiger partial charge in [0.2, 0.25) is 11.8 Å². The molecule has 0 aliphatic rings. The maximum absolute atomic E-state index is 14.6. The average Bonchev–Trinajstić information content (AvgIpc) is 1.69. The highest BCUT2D eigenvalue weighted by atomic mass is 32.1. The number of nitrogens with two attached hydrogens (primary N) is 2. The Balaban J connectivity index is 0.000000250. The van der Waals surface area contributed by atoms with Crippen molar-refractivity contribution in [3.8, 4) is 21.5 Å². The van der Waals surface area contributed by atoms with Crippen LogP contribution in [0.25, 0.3) is 30.4 Å². The number of hydrogen-bond donors (Lipinski definition) is 4. The molecule has 3 aromatic carbocycles. The minimum Gasteiger partial charge on any atom is -0.496 e. The number of benzene rings is 3. The molecule has 6 N–H and O–H groups in total. The Labute approximate surface area is 512 Å². The van der Waals surface area contributed by atoms with Crippen molar-refractivity contribution >= 4 is 66.9 Å². The number of methoxy groups -OCH3 is 2. The fraction of sp³-hybridized carbons (Fsp3) is 0.345. The first kappa shape index (κ1) is 67.0. The van der Waals surface area contributed by atoms with Gasteiger partial charge in [0.15, 0.2) is 0 Å². The van der Waals surface area contributed by atoms with Gasteiger partial charge in [-0.15, -0.1) is 9.59 Å². The summed E-state index contributed by atoms with van der Waals surface area (Å²) in [4.78, 5) is 108. The van der Waals surface area contributed by atoms with Gasteiger partial charge in [0.05, 0.1) is 76.1 Å². The van der Waals surface area contributed by atoms with Crippen LogP contribution in [0.3, 0.4) is 0 Å². The summed E-state index contributed by atoms with van der Waals surface area (Å²) in [6.45, 7) is 7.70. The first-order valence-corrected chi connectivity index (χ1v) is 28.6. The summed E-state index contributed by atoms with van der Waals surface area (Å²) in [5.41, 5.74) is 5.71. The summed E-state index contributed by atoms with van der Waals surface area (Å²) in [5.74, 6) is -4.15. The van der Waals surface area contributed by atoms with Gasteiger partial charge in [-0.25, -0.2) is 37.1 Å². The van der Waals surface area contributed by atoms with Crippen molar-refractivity contribution in [2.75, 3.05) is 34.5 Å². The van der Waals surface area contributed by atoms with Crippen molar-refractivity contribution in [2.24, 2.45) is 11.5 Å². The highest BCUT2D eigenvalue weighted by Gasteiger charge is 2.39. The lowest BCUT2D eigenvalue weighted by Crippen LogP contribution is -2.53. The Morgan fingerprint density at radius 3 is 1.38 bits per heavy atom. The van der Waals surface area contributed by atoms with Gasteiger partial charge in [-0.3, -0.25) is 28.3 Å². The molecule has 6 aromatic heterocycles. The number of rotatable bonds is 24. The minimum atomic E-state index is -1.93. The largest absolute Gasteiger partial charge is 0.496 e. The van der Waals surface area contributed by atoms with E-state index in [0.29, 0.717) is 25.7 Å². The van der Waals surface area contributed by atoms with Crippen LogP contribution in [0.4, 0.5) is 8.78 Å². The van der Waals surface area contributed by atoms with Crippen LogP contribution in [-0.4, -0.2) is 117 Å². The Morgan fingerprint density at radius 2 is 1.01 bits per heavy atom. The van der Waals surface area contributed by atoms with Crippen molar-refractivity contribution in [3.05, 3.63) is 173 Å². The summed E-state index contributed by atoms with van der Waals surface area (Å²) in [5, 5.41) is 34.7. The zero-order valence-electron chi connectivity index (χ0n) is 49.7. The zero-order chi connectivity index (χ0) is 65.2. The molecule has 9 rings (SSSR count). The molecule has 9 aromatic rings. The topological polar surface area (TPSA) is 356 Å². The number of amides is 2. The summed E-state index contributed by atoms with van der Waals surface area (Å²) in [7, 11) is 3.78. The molecule has 0 saturated heterocycles. The Morgan fingerprint density at radius 1 is 0.618 bits per heavy atom. The second-order valence-electron chi connectivity index (χ2n) is 20.5. The lowest BCUT2D eigenvalue weighted by atomic mass is 10.0. The van der Waals surface area contributed by atoms with Gasteiger partial charge in [-0.2, -0.15) is 20.4 Å². The summed E-state index contributed by atoms with van der Waals surface area (Å²) in [6, 6.07) is 16.6. The van der Waals surface area contributed by atoms with Gasteiger partial charge in [0.1, 0.15) is 72.7 Å². The number of carboxylic acid groups (broad SMARTS) is 1. The molecule has 2 amide bonds. The number of nitrogens with zero attached hydrogens (tertiary/aromatic N) is 10. The van der Waals surface area contributed by atoms with E-state index in [-0.39, 0.29) is 88.8 Å². The molecule has 6 heterocycles. The van der Waals surface area contributed by atoms with Crippen LogP contribution in [0.2, 0.25) is 0 Å². The van der Waals surface area contributed by atoms with E-state index in [9.17, 15) is 52.2 Å². The first-order chi connectivity index (χ1) is 42.3. The number of fused-ring (bicyclic) bond motifs is 2. The molecular weight excluding hydrogens is 1210 g/mol. The van der Waals surface area contributed by atoms with Gasteiger partial charge in [-0.1, -0.05) is 53.0 Å². The van der Waals surface area contributed by atoms with E-state index >= 15 is 0 Å². The third kappa shape index (κ3) is 14.2. The van der Waals surface area contributed by atoms with Crippen LogP contribution in [0.5, 0.6) is 11.5 Å². The van der Waals surface area contributed by atoms with Crippen LogP contribution in [0.15, 0.2) is 111 Å². The number of aliphatic hydroxyl groups excluding tert-OH is 1. The van der Waals surface area contributed by atoms with Crippen molar-refractivity contribution in [2.45, 2.75) is 97.4 Å². The van der Waals surface area contributed by atoms with Crippen molar-refractivity contribution in [3.63, 3.8) is 0 Å². The number of carbonyl (C=O) groups excluding carboxylic acids is 3. The predicted octanol–water partition coefficient (Wildman–Crippen LogP) is 4.70. The van der Waals surface area contributed by atoms with Gasteiger partial charge >= 0.3 is 23.3 Å². The quantitative estimate of drug-likeness (QED) is 0.0596. The number of aliphatic hydroxyl groups is 1.